The molecule has 3 nitrogen and oxygen atoms in total. The fourth-order valence-corrected chi connectivity index (χ4v) is 2.00. The van der Waals surface area contributed by atoms with E-state index in [9.17, 15) is 4.79 Å². The summed E-state index contributed by atoms with van der Waals surface area (Å²) in [7, 11) is 0. The summed E-state index contributed by atoms with van der Waals surface area (Å²) in [5.74, 6) is 0.000373. The van der Waals surface area contributed by atoms with E-state index in [-0.39, 0.29) is 5.91 Å². The van der Waals surface area contributed by atoms with Gasteiger partial charge in [-0.05, 0) is 30.9 Å². The molecule has 1 rings (SSSR count). The van der Waals surface area contributed by atoms with Gasteiger partial charge in [-0.2, -0.15) is 5.10 Å². The summed E-state index contributed by atoms with van der Waals surface area (Å²) in [6, 6.07) is 8.38. The highest BCUT2D eigenvalue weighted by atomic mass is 16.2. The highest BCUT2D eigenvalue weighted by Gasteiger charge is 2.01. The van der Waals surface area contributed by atoms with Gasteiger partial charge >= 0.3 is 0 Å². The molecule has 1 N–H and O–H groups in total. The van der Waals surface area contributed by atoms with Gasteiger partial charge in [0.15, 0.2) is 0 Å². The molecule has 0 radical (unpaired) electrons. The quantitative estimate of drug-likeness (QED) is 0.433. The molecule has 0 saturated heterocycles. The van der Waals surface area contributed by atoms with Gasteiger partial charge in [-0.1, -0.05) is 57.4 Å². The van der Waals surface area contributed by atoms with E-state index in [1.54, 1.807) is 0 Å². The fourth-order valence-electron chi connectivity index (χ4n) is 2.00. The predicted octanol–water partition coefficient (Wildman–Crippen LogP) is 4.06. The first-order valence-electron chi connectivity index (χ1n) is 7.59. The number of carbonyl (C=O) groups is 1. The first-order chi connectivity index (χ1) is 9.67. The molecule has 0 unspecified atom stereocenters. The van der Waals surface area contributed by atoms with E-state index in [0.29, 0.717) is 6.42 Å². The van der Waals surface area contributed by atoms with Gasteiger partial charge < -0.3 is 0 Å². The van der Waals surface area contributed by atoms with Crippen LogP contribution in [0, 0.1) is 0 Å². The maximum atomic E-state index is 11.6. The van der Waals surface area contributed by atoms with Crippen LogP contribution in [0.1, 0.15) is 64.0 Å². The molecule has 0 fully saturated rings. The lowest BCUT2D eigenvalue weighted by Gasteiger charge is -2.04. The molecule has 0 aliphatic heterocycles. The molecule has 110 valence electrons. The van der Waals surface area contributed by atoms with E-state index in [1.165, 1.54) is 5.56 Å². The van der Waals surface area contributed by atoms with E-state index < -0.39 is 0 Å². The Morgan fingerprint density at radius 1 is 1.10 bits per heavy atom. The summed E-state index contributed by atoms with van der Waals surface area (Å²) in [6.07, 6.45) is 5.96. The first kappa shape index (κ1) is 16.4. The Morgan fingerprint density at radius 2 is 1.80 bits per heavy atom. The lowest BCUT2D eigenvalue weighted by molar-refractivity contribution is -0.121. The van der Waals surface area contributed by atoms with E-state index in [4.69, 9.17) is 0 Å². The molecular formula is C17H26N2O. The van der Waals surface area contributed by atoms with Crippen molar-refractivity contribution in [1.82, 2.24) is 5.43 Å². The monoisotopic (exact) mass is 274 g/mol. The maximum absolute atomic E-state index is 11.6. The minimum absolute atomic E-state index is 0.000373. The van der Waals surface area contributed by atoms with Crippen molar-refractivity contribution in [2.75, 3.05) is 0 Å². The Bertz CT molecular complexity index is 435. The van der Waals surface area contributed by atoms with Crippen LogP contribution in [0.25, 0.3) is 0 Å². The zero-order chi connectivity index (χ0) is 14.8. The Morgan fingerprint density at radius 3 is 2.40 bits per heavy atom. The number of benzene rings is 1. The van der Waals surface area contributed by atoms with Gasteiger partial charge in [0.1, 0.15) is 0 Å². The van der Waals surface area contributed by atoms with Crippen LogP contribution in [0.15, 0.2) is 29.4 Å². The van der Waals surface area contributed by atoms with Crippen molar-refractivity contribution in [2.24, 2.45) is 5.10 Å². The molecular weight excluding hydrogens is 248 g/mol. The molecule has 20 heavy (non-hydrogen) atoms. The van der Waals surface area contributed by atoms with Crippen LogP contribution in [-0.2, 0) is 11.2 Å². The van der Waals surface area contributed by atoms with Gasteiger partial charge in [-0.15, -0.1) is 0 Å². The smallest absolute Gasteiger partial charge is 0.240 e. The van der Waals surface area contributed by atoms with Crippen molar-refractivity contribution in [3.8, 4) is 0 Å². The van der Waals surface area contributed by atoms with Gasteiger partial charge in [0.25, 0.3) is 0 Å². The number of rotatable bonds is 8. The molecule has 0 spiro atoms. The van der Waals surface area contributed by atoms with Crippen molar-refractivity contribution < 1.29 is 4.79 Å². The molecule has 1 aromatic rings. The molecule has 0 aromatic heterocycles. The molecule has 3 heteroatoms. The zero-order valence-electron chi connectivity index (χ0n) is 12.9. The van der Waals surface area contributed by atoms with Crippen molar-refractivity contribution in [2.45, 2.75) is 59.3 Å². The Labute approximate surface area is 122 Å². The van der Waals surface area contributed by atoms with Gasteiger partial charge in [-0.3, -0.25) is 4.79 Å². The third kappa shape index (κ3) is 6.00. The van der Waals surface area contributed by atoms with Crippen molar-refractivity contribution in [3.05, 3.63) is 35.4 Å². The van der Waals surface area contributed by atoms with E-state index in [1.807, 2.05) is 6.92 Å². The third-order valence-electron chi connectivity index (χ3n) is 3.27. The summed E-state index contributed by atoms with van der Waals surface area (Å²) >= 11 is 0. The summed E-state index contributed by atoms with van der Waals surface area (Å²) < 4.78 is 0. The van der Waals surface area contributed by atoms with E-state index in [2.05, 4.69) is 48.6 Å². The van der Waals surface area contributed by atoms with Crippen LogP contribution in [0.3, 0.4) is 0 Å². The summed E-state index contributed by atoms with van der Waals surface area (Å²) in [4.78, 5) is 11.6. The number of nitrogens with zero attached hydrogens (tertiary/aromatic N) is 1. The average Bonchev–Trinajstić information content (AvgIpc) is 2.46. The van der Waals surface area contributed by atoms with Crippen molar-refractivity contribution >= 4 is 11.6 Å². The number of unbranched alkanes of at least 4 members (excludes halogenated alkanes) is 2. The van der Waals surface area contributed by atoms with Crippen LogP contribution in [-0.4, -0.2) is 11.6 Å². The molecule has 0 aliphatic carbocycles. The van der Waals surface area contributed by atoms with Crippen LogP contribution < -0.4 is 5.43 Å². The largest absolute Gasteiger partial charge is 0.273 e. The summed E-state index contributed by atoms with van der Waals surface area (Å²) in [6.45, 7) is 6.22. The molecule has 0 bridgehead atoms. The van der Waals surface area contributed by atoms with Crippen LogP contribution >= 0.6 is 0 Å². The fraction of sp³-hybridized carbons (Fsp3) is 0.529. The van der Waals surface area contributed by atoms with E-state index in [0.717, 1.165) is 43.4 Å². The van der Waals surface area contributed by atoms with Gasteiger partial charge in [-0.25, -0.2) is 5.43 Å². The topological polar surface area (TPSA) is 41.5 Å². The number of nitrogens with one attached hydrogen (secondary N) is 1. The van der Waals surface area contributed by atoms with Crippen LogP contribution in [0.4, 0.5) is 0 Å². The van der Waals surface area contributed by atoms with Crippen molar-refractivity contribution in [3.63, 3.8) is 0 Å². The SMILES string of the molecule is CCCCCC(=O)N/N=C(\C)c1ccc(CCC)cc1. The second-order valence-electron chi connectivity index (χ2n) is 5.14. The molecule has 0 aliphatic rings. The second-order valence-corrected chi connectivity index (χ2v) is 5.14. The number of hydrogen-bond donors (Lipinski definition) is 1. The first-order valence-corrected chi connectivity index (χ1v) is 7.59. The molecule has 0 atom stereocenters. The number of aryl methyl sites for hydroxylation is 1. The predicted molar refractivity (Wildman–Crippen MR) is 84.9 cm³/mol. The molecule has 1 amide bonds. The number of hydrazone groups is 1. The molecule has 0 saturated carbocycles. The van der Waals surface area contributed by atoms with Crippen LogP contribution in [0.2, 0.25) is 0 Å². The zero-order valence-corrected chi connectivity index (χ0v) is 12.9. The molecule has 0 heterocycles. The standard InChI is InChI=1S/C17H26N2O/c1-4-6-7-9-17(20)19-18-14(3)16-12-10-15(8-5-2)11-13-16/h10-13H,4-9H2,1-3H3,(H,19,20)/b18-14+. The second kappa shape index (κ2) is 9.29. The Hall–Kier alpha value is -1.64. The van der Waals surface area contributed by atoms with Gasteiger partial charge in [0.2, 0.25) is 5.91 Å². The summed E-state index contributed by atoms with van der Waals surface area (Å²) in [5.41, 5.74) is 5.87. The van der Waals surface area contributed by atoms with Gasteiger partial charge in [0.05, 0.1) is 5.71 Å². The van der Waals surface area contributed by atoms with Gasteiger partial charge in [0, 0.05) is 6.42 Å². The normalized spacial score (nSPS) is 11.4. The number of hydrogen-bond acceptors (Lipinski definition) is 2. The Kier molecular flexibility index (Phi) is 7.63. The highest BCUT2D eigenvalue weighted by Crippen LogP contribution is 2.07. The Balaban J connectivity index is 2.49. The third-order valence-corrected chi connectivity index (χ3v) is 3.27. The molecule has 1 aromatic carbocycles. The highest BCUT2D eigenvalue weighted by molar-refractivity contribution is 5.99. The lowest BCUT2D eigenvalue weighted by Crippen LogP contribution is -2.18. The number of amides is 1. The van der Waals surface area contributed by atoms with Crippen molar-refractivity contribution in [1.29, 1.82) is 0 Å². The van der Waals surface area contributed by atoms with E-state index >= 15 is 0 Å². The summed E-state index contributed by atoms with van der Waals surface area (Å²) in [5, 5.41) is 4.17. The maximum Gasteiger partial charge on any atom is 0.240 e. The van der Waals surface area contributed by atoms with Crippen LogP contribution in [0.5, 0.6) is 0 Å². The number of carbonyl (C=O) groups excluding carboxylic acids is 1. The minimum atomic E-state index is 0.000373. The average molecular weight is 274 g/mol. The minimum Gasteiger partial charge on any atom is -0.273 e. The lowest BCUT2D eigenvalue weighted by atomic mass is 10.1.